The van der Waals surface area contributed by atoms with Crippen LogP contribution in [0.5, 0.6) is 11.5 Å². The molecule has 0 aromatic heterocycles. The van der Waals surface area contributed by atoms with E-state index in [1.807, 2.05) is 55.5 Å². The van der Waals surface area contributed by atoms with Crippen molar-refractivity contribution < 1.29 is 19.7 Å². The average molecular weight is 356 g/mol. The molecule has 1 atom stereocenters. The number of aliphatic hydroxyl groups is 2. The number of benzene rings is 2. The van der Waals surface area contributed by atoms with Gasteiger partial charge in [0.1, 0.15) is 30.8 Å². The third-order valence-electron chi connectivity index (χ3n) is 4.39. The SMILES string of the molecule is C/C=C/COc1ccc(C(C)(C)c2ccc(OCC(O)CO)cc2)cc1. The highest BCUT2D eigenvalue weighted by molar-refractivity contribution is 5.41. The van der Waals surface area contributed by atoms with E-state index in [1.165, 1.54) is 5.56 Å². The van der Waals surface area contributed by atoms with Crippen LogP contribution in [0.25, 0.3) is 0 Å². The lowest BCUT2D eigenvalue weighted by molar-refractivity contribution is 0.0536. The van der Waals surface area contributed by atoms with Crippen LogP contribution in [-0.4, -0.2) is 36.1 Å². The summed E-state index contributed by atoms with van der Waals surface area (Å²) >= 11 is 0. The van der Waals surface area contributed by atoms with Crippen molar-refractivity contribution in [1.82, 2.24) is 0 Å². The molecule has 1 unspecified atom stereocenters. The second-order valence-corrected chi connectivity index (χ2v) is 6.70. The molecule has 2 rings (SSSR count). The summed E-state index contributed by atoms with van der Waals surface area (Å²) in [5, 5.41) is 18.2. The zero-order chi connectivity index (χ0) is 19.0. The fourth-order valence-electron chi connectivity index (χ4n) is 2.59. The van der Waals surface area contributed by atoms with Gasteiger partial charge in [-0.15, -0.1) is 0 Å². The zero-order valence-electron chi connectivity index (χ0n) is 15.7. The Balaban J connectivity index is 2.06. The molecule has 0 amide bonds. The lowest BCUT2D eigenvalue weighted by Gasteiger charge is -2.26. The molecule has 26 heavy (non-hydrogen) atoms. The standard InChI is InChI=1S/C22H28O4/c1-4-5-14-25-20-10-6-17(7-11-20)22(2,3)18-8-12-21(13-9-18)26-16-19(24)15-23/h4-13,19,23-24H,14-16H2,1-3H3/b5-4+. The summed E-state index contributed by atoms with van der Waals surface area (Å²) < 4.78 is 11.1. The van der Waals surface area contributed by atoms with Gasteiger partial charge < -0.3 is 19.7 Å². The maximum atomic E-state index is 9.35. The molecule has 4 nitrogen and oxygen atoms in total. The van der Waals surface area contributed by atoms with E-state index in [9.17, 15) is 5.11 Å². The van der Waals surface area contributed by atoms with Gasteiger partial charge in [0.15, 0.2) is 0 Å². The molecular formula is C22H28O4. The summed E-state index contributed by atoms with van der Waals surface area (Å²) in [6, 6.07) is 16.0. The highest BCUT2D eigenvalue weighted by atomic mass is 16.5. The van der Waals surface area contributed by atoms with Crippen molar-refractivity contribution in [2.45, 2.75) is 32.3 Å². The number of hydrogen-bond acceptors (Lipinski definition) is 4. The summed E-state index contributed by atoms with van der Waals surface area (Å²) in [5.41, 5.74) is 2.20. The molecule has 0 aliphatic rings. The van der Waals surface area contributed by atoms with Crippen molar-refractivity contribution in [2.75, 3.05) is 19.8 Å². The molecule has 2 aromatic rings. The van der Waals surface area contributed by atoms with Crippen LogP contribution in [0.1, 0.15) is 31.9 Å². The average Bonchev–Trinajstić information content (AvgIpc) is 2.67. The van der Waals surface area contributed by atoms with Crippen LogP contribution in [0.3, 0.4) is 0 Å². The van der Waals surface area contributed by atoms with E-state index in [1.54, 1.807) is 0 Å². The van der Waals surface area contributed by atoms with Crippen molar-refractivity contribution in [3.8, 4) is 11.5 Å². The minimum atomic E-state index is -0.861. The van der Waals surface area contributed by atoms with Gasteiger partial charge in [0.25, 0.3) is 0 Å². The maximum Gasteiger partial charge on any atom is 0.119 e. The van der Waals surface area contributed by atoms with Crippen molar-refractivity contribution in [3.63, 3.8) is 0 Å². The topological polar surface area (TPSA) is 58.9 Å². The van der Waals surface area contributed by atoms with Crippen LogP contribution in [-0.2, 0) is 5.41 Å². The van der Waals surface area contributed by atoms with Crippen LogP contribution >= 0.6 is 0 Å². The van der Waals surface area contributed by atoms with Gasteiger partial charge >= 0.3 is 0 Å². The van der Waals surface area contributed by atoms with Gasteiger partial charge in [-0.3, -0.25) is 0 Å². The van der Waals surface area contributed by atoms with Crippen LogP contribution < -0.4 is 9.47 Å². The summed E-state index contributed by atoms with van der Waals surface area (Å²) in [5.74, 6) is 1.53. The second kappa shape index (κ2) is 9.41. The van der Waals surface area contributed by atoms with Crippen molar-refractivity contribution in [1.29, 1.82) is 0 Å². The fraction of sp³-hybridized carbons (Fsp3) is 0.364. The molecular weight excluding hydrogens is 328 g/mol. The Morgan fingerprint density at radius 3 is 1.88 bits per heavy atom. The number of ether oxygens (including phenoxy) is 2. The molecule has 2 aromatic carbocycles. The number of aliphatic hydroxyl groups excluding tert-OH is 2. The van der Waals surface area contributed by atoms with Crippen LogP contribution in [0, 0.1) is 0 Å². The van der Waals surface area contributed by atoms with Gasteiger partial charge in [-0.1, -0.05) is 50.3 Å². The van der Waals surface area contributed by atoms with Gasteiger partial charge in [0.2, 0.25) is 0 Å². The van der Waals surface area contributed by atoms with Crippen LogP contribution in [0.15, 0.2) is 60.7 Å². The Hall–Kier alpha value is -2.30. The van der Waals surface area contributed by atoms with Crippen molar-refractivity contribution in [2.24, 2.45) is 0 Å². The normalized spacial score (nSPS) is 13.0. The molecule has 0 spiro atoms. The molecule has 0 saturated heterocycles. The summed E-state index contributed by atoms with van der Waals surface area (Å²) in [4.78, 5) is 0. The quantitative estimate of drug-likeness (QED) is 0.673. The van der Waals surface area contributed by atoms with Gasteiger partial charge in [-0.05, 0) is 42.3 Å². The number of rotatable bonds is 9. The van der Waals surface area contributed by atoms with Gasteiger partial charge in [0.05, 0.1) is 6.61 Å². The van der Waals surface area contributed by atoms with Crippen molar-refractivity contribution in [3.05, 3.63) is 71.8 Å². The Labute approximate surface area is 155 Å². The van der Waals surface area contributed by atoms with E-state index in [2.05, 4.69) is 26.0 Å². The molecule has 0 bridgehead atoms. The van der Waals surface area contributed by atoms with E-state index in [0.717, 1.165) is 11.3 Å². The largest absolute Gasteiger partial charge is 0.491 e. The first-order valence-corrected chi connectivity index (χ1v) is 8.84. The molecule has 140 valence electrons. The zero-order valence-corrected chi connectivity index (χ0v) is 15.7. The first kappa shape index (κ1) is 20.0. The lowest BCUT2D eigenvalue weighted by atomic mass is 9.78. The van der Waals surface area contributed by atoms with E-state index < -0.39 is 6.10 Å². The monoisotopic (exact) mass is 356 g/mol. The summed E-state index contributed by atoms with van der Waals surface area (Å²) in [7, 11) is 0. The lowest BCUT2D eigenvalue weighted by Crippen LogP contribution is -2.21. The molecule has 0 radical (unpaired) electrons. The molecule has 2 N–H and O–H groups in total. The third kappa shape index (κ3) is 5.35. The van der Waals surface area contributed by atoms with E-state index in [-0.39, 0.29) is 18.6 Å². The van der Waals surface area contributed by atoms with E-state index in [4.69, 9.17) is 14.6 Å². The first-order valence-electron chi connectivity index (χ1n) is 8.84. The van der Waals surface area contributed by atoms with Gasteiger partial charge in [0, 0.05) is 5.41 Å². The predicted molar refractivity (Wildman–Crippen MR) is 104 cm³/mol. The fourth-order valence-corrected chi connectivity index (χ4v) is 2.59. The minimum Gasteiger partial charge on any atom is -0.491 e. The molecule has 4 heteroatoms. The molecule has 0 fully saturated rings. The van der Waals surface area contributed by atoms with Gasteiger partial charge in [-0.2, -0.15) is 0 Å². The van der Waals surface area contributed by atoms with Gasteiger partial charge in [-0.25, -0.2) is 0 Å². The minimum absolute atomic E-state index is 0.0773. The smallest absolute Gasteiger partial charge is 0.119 e. The highest BCUT2D eigenvalue weighted by Crippen LogP contribution is 2.33. The predicted octanol–water partition coefficient (Wildman–Crippen LogP) is 3.70. The Kier molecular flexibility index (Phi) is 7.25. The van der Waals surface area contributed by atoms with Crippen LogP contribution in [0.4, 0.5) is 0 Å². The maximum absolute atomic E-state index is 9.35. The molecule has 0 saturated carbocycles. The Morgan fingerprint density at radius 2 is 1.42 bits per heavy atom. The van der Waals surface area contributed by atoms with Crippen LogP contribution in [0.2, 0.25) is 0 Å². The second-order valence-electron chi connectivity index (χ2n) is 6.70. The molecule has 0 heterocycles. The van der Waals surface area contributed by atoms with E-state index in [0.29, 0.717) is 12.4 Å². The van der Waals surface area contributed by atoms with Crippen molar-refractivity contribution >= 4 is 0 Å². The summed E-state index contributed by atoms with van der Waals surface area (Å²) in [6.07, 6.45) is 3.08. The Morgan fingerprint density at radius 1 is 0.923 bits per heavy atom. The van der Waals surface area contributed by atoms with E-state index >= 15 is 0 Å². The Bertz CT molecular complexity index is 687. The first-order chi connectivity index (χ1) is 12.5. The highest BCUT2D eigenvalue weighted by Gasteiger charge is 2.23. The molecule has 0 aliphatic carbocycles. The molecule has 0 aliphatic heterocycles. The third-order valence-corrected chi connectivity index (χ3v) is 4.39. The number of hydrogen-bond donors (Lipinski definition) is 2. The number of allylic oxidation sites excluding steroid dienone is 1. The summed E-state index contributed by atoms with van der Waals surface area (Å²) in [6.45, 7) is 6.67.